The molecule has 1 N–H and O–H groups in total. The lowest BCUT2D eigenvalue weighted by Crippen LogP contribution is -2.20. The summed E-state index contributed by atoms with van der Waals surface area (Å²) < 4.78 is 13.0. The molecule has 4 rings (SSSR count). The Labute approximate surface area is 175 Å². The largest absolute Gasteiger partial charge is 0.496 e. The summed E-state index contributed by atoms with van der Waals surface area (Å²) in [5.74, 6) is 2.26. The van der Waals surface area contributed by atoms with Crippen molar-refractivity contribution in [3.05, 3.63) is 30.6 Å². The number of methoxy groups -OCH3 is 2. The van der Waals surface area contributed by atoms with Crippen LogP contribution >= 0.6 is 0 Å². The Balaban J connectivity index is 1.63. The van der Waals surface area contributed by atoms with Gasteiger partial charge in [0.25, 0.3) is 0 Å². The second-order valence-corrected chi connectivity index (χ2v) is 7.97. The van der Waals surface area contributed by atoms with E-state index in [9.17, 15) is 4.79 Å². The maximum atomic E-state index is 12.5. The van der Waals surface area contributed by atoms with Crippen molar-refractivity contribution >= 4 is 22.6 Å². The first-order valence-electron chi connectivity index (χ1n) is 9.91. The van der Waals surface area contributed by atoms with Crippen molar-refractivity contribution < 1.29 is 14.3 Å². The molecule has 30 heavy (non-hydrogen) atoms. The molecule has 1 aliphatic carbocycles. The standard InChI is InChI=1S/C22H27N5O3/c1-26(2)12-14-8-15(14)21(28)25-19-10-13-9-16(27(3)17(13)11-24-19)20-18(29-4)6-7-23-22(20)30-5/h6-7,9-11,14-15H,8,12H2,1-5H3,(H,24,25,28)/t14-,15+/m0/s1. The highest BCUT2D eigenvalue weighted by atomic mass is 16.5. The predicted molar refractivity (Wildman–Crippen MR) is 116 cm³/mol. The predicted octanol–water partition coefficient (Wildman–Crippen LogP) is 2.79. The Bertz CT molecular complexity index is 1070. The van der Waals surface area contributed by atoms with Crippen molar-refractivity contribution in [2.45, 2.75) is 6.42 Å². The van der Waals surface area contributed by atoms with E-state index in [1.807, 2.05) is 37.8 Å². The number of ether oxygens (including phenoxy) is 2. The molecular weight excluding hydrogens is 382 g/mol. The summed E-state index contributed by atoms with van der Waals surface area (Å²) in [6, 6.07) is 5.73. The molecule has 0 aliphatic heterocycles. The van der Waals surface area contributed by atoms with Gasteiger partial charge in [-0.15, -0.1) is 0 Å². The normalized spacial score (nSPS) is 17.9. The fourth-order valence-corrected chi connectivity index (χ4v) is 3.99. The molecule has 1 saturated carbocycles. The second kappa shape index (κ2) is 7.95. The van der Waals surface area contributed by atoms with Crippen molar-refractivity contribution in [3.63, 3.8) is 0 Å². The Hall–Kier alpha value is -3.13. The maximum Gasteiger partial charge on any atom is 0.228 e. The molecule has 1 fully saturated rings. The summed E-state index contributed by atoms with van der Waals surface area (Å²) in [6.45, 7) is 0.932. The lowest BCUT2D eigenvalue weighted by Gasteiger charge is -2.12. The number of nitrogens with zero attached hydrogens (tertiary/aromatic N) is 4. The van der Waals surface area contributed by atoms with Gasteiger partial charge >= 0.3 is 0 Å². The van der Waals surface area contributed by atoms with Crippen molar-refractivity contribution in [3.8, 4) is 22.9 Å². The number of amides is 1. The van der Waals surface area contributed by atoms with E-state index in [4.69, 9.17) is 9.47 Å². The second-order valence-electron chi connectivity index (χ2n) is 7.97. The third kappa shape index (κ3) is 3.70. The smallest absolute Gasteiger partial charge is 0.228 e. The van der Waals surface area contributed by atoms with Crippen molar-refractivity contribution in [2.24, 2.45) is 18.9 Å². The van der Waals surface area contributed by atoms with Gasteiger partial charge in [0, 0.05) is 31.1 Å². The molecule has 0 bridgehead atoms. The molecule has 3 aromatic heterocycles. The molecule has 3 aromatic rings. The minimum absolute atomic E-state index is 0.0421. The van der Waals surface area contributed by atoms with Gasteiger partial charge in [-0.1, -0.05) is 0 Å². The topological polar surface area (TPSA) is 81.5 Å². The first-order valence-corrected chi connectivity index (χ1v) is 9.91. The highest BCUT2D eigenvalue weighted by Crippen LogP contribution is 2.41. The lowest BCUT2D eigenvalue weighted by molar-refractivity contribution is -0.117. The van der Waals surface area contributed by atoms with Crippen molar-refractivity contribution in [2.75, 3.05) is 40.2 Å². The van der Waals surface area contributed by atoms with Gasteiger partial charge in [0.2, 0.25) is 11.8 Å². The van der Waals surface area contributed by atoms with E-state index >= 15 is 0 Å². The molecule has 0 saturated heterocycles. The zero-order chi connectivity index (χ0) is 21.4. The minimum atomic E-state index is 0.0421. The van der Waals surface area contributed by atoms with Gasteiger partial charge in [0.05, 0.1) is 31.6 Å². The maximum absolute atomic E-state index is 12.5. The summed E-state index contributed by atoms with van der Waals surface area (Å²) in [7, 11) is 9.23. The molecule has 0 radical (unpaired) electrons. The van der Waals surface area contributed by atoms with E-state index in [1.54, 1.807) is 32.7 Å². The summed E-state index contributed by atoms with van der Waals surface area (Å²) in [4.78, 5) is 23.4. The molecular formula is C22H27N5O3. The number of carbonyl (C=O) groups excluding carboxylic acids is 1. The molecule has 1 aliphatic rings. The SMILES string of the molecule is COc1ccnc(OC)c1-c1cc2cc(NC(=O)[C@@H]3C[C@H]3CN(C)C)ncc2n1C. The molecule has 1 amide bonds. The highest BCUT2D eigenvalue weighted by Gasteiger charge is 2.43. The minimum Gasteiger partial charge on any atom is -0.496 e. The lowest BCUT2D eigenvalue weighted by atomic mass is 10.1. The summed E-state index contributed by atoms with van der Waals surface area (Å²) >= 11 is 0. The Kier molecular flexibility index (Phi) is 5.34. The van der Waals surface area contributed by atoms with Gasteiger partial charge < -0.3 is 24.3 Å². The van der Waals surface area contributed by atoms with Crippen LogP contribution in [0.25, 0.3) is 22.2 Å². The molecule has 0 aromatic carbocycles. The molecule has 0 spiro atoms. The number of carbonyl (C=O) groups is 1. The van der Waals surface area contributed by atoms with Gasteiger partial charge in [0.15, 0.2) is 0 Å². The van der Waals surface area contributed by atoms with Crippen LogP contribution in [-0.4, -0.2) is 60.2 Å². The van der Waals surface area contributed by atoms with Gasteiger partial charge in [-0.25, -0.2) is 9.97 Å². The average Bonchev–Trinajstić information content (AvgIpc) is 3.42. The van der Waals surface area contributed by atoms with Crippen LogP contribution in [0.1, 0.15) is 6.42 Å². The van der Waals surface area contributed by atoms with E-state index in [2.05, 4.69) is 20.2 Å². The number of aryl methyl sites for hydroxylation is 1. The number of anilines is 1. The van der Waals surface area contributed by atoms with E-state index in [1.165, 1.54) is 0 Å². The Morgan fingerprint density at radius 1 is 1.27 bits per heavy atom. The summed E-state index contributed by atoms with van der Waals surface area (Å²) in [6.07, 6.45) is 4.36. The number of hydrogen-bond donors (Lipinski definition) is 1. The molecule has 8 nitrogen and oxygen atoms in total. The Morgan fingerprint density at radius 2 is 2.07 bits per heavy atom. The molecule has 2 atom stereocenters. The summed E-state index contributed by atoms with van der Waals surface area (Å²) in [5, 5.41) is 3.94. The first kappa shape index (κ1) is 20.2. The van der Waals surface area contributed by atoms with E-state index in [-0.39, 0.29) is 11.8 Å². The fraction of sp³-hybridized carbons (Fsp3) is 0.409. The van der Waals surface area contributed by atoms with Crippen molar-refractivity contribution in [1.29, 1.82) is 0 Å². The van der Waals surface area contributed by atoms with E-state index in [0.29, 0.717) is 23.4 Å². The number of pyridine rings is 2. The van der Waals surface area contributed by atoms with Crippen LogP contribution in [-0.2, 0) is 11.8 Å². The van der Waals surface area contributed by atoms with Gasteiger partial charge in [-0.05, 0) is 44.6 Å². The third-order valence-electron chi connectivity index (χ3n) is 5.59. The monoisotopic (exact) mass is 409 g/mol. The zero-order valence-corrected chi connectivity index (χ0v) is 18.0. The van der Waals surface area contributed by atoms with Crippen LogP contribution in [0.3, 0.4) is 0 Å². The number of fused-ring (bicyclic) bond motifs is 1. The van der Waals surface area contributed by atoms with Crippen LogP contribution in [0.2, 0.25) is 0 Å². The fourth-order valence-electron chi connectivity index (χ4n) is 3.99. The molecule has 0 unspecified atom stereocenters. The summed E-state index contributed by atoms with van der Waals surface area (Å²) in [5.41, 5.74) is 2.61. The average molecular weight is 409 g/mol. The van der Waals surface area contributed by atoms with Crippen molar-refractivity contribution in [1.82, 2.24) is 19.4 Å². The van der Waals surface area contributed by atoms with Crippen LogP contribution in [0.4, 0.5) is 5.82 Å². The molecule has 158 valence electrons. The van der Waals surface area contributed by atoms with Crippen LogP contribution in [0, 0.1) is 11.8 Å². The molecule has 3 heterocycles. The number of nitrogens with one attached hydrogen (secondary N) is 1. The molecule has 8 heteroatoms. The van der Waals surface area contributed by atoms with Gasteiger partial charge in [-0.3, -0.25) is 4.79 Å². The zero-order valence-electron chi connectivity index (χ0n) is 18.0. The highest BCUT2D eigenvalue weighted by molar-refractivity contribution is 5.96. The first-order chi connectivity index (χ1) is 14.4. The third-order valence-corrected chi connectivity index (χ3v) is 5.59. The van der Waals surface area contributed by atoms with Gasteiger partial charge in [-0.2, -0.15) is 0 Å². The van der Waals surface area contributed by atoms with E-state index < -0.39 is 0 Å². The van der Waals surface area contributed by atoms with E-state index in [0.717, 1.165) is 35.1 Å². The quantitative estimate of drug-likeness (QED) is 0.646. The Morgan fingerprint density at radius 3 is 2.77 bits per heavy atom. The van der Waals surface area contributed by atoms with Crippen LogP contribution in [0.15, 0.2) is 30.6 Å². The van der Waals surface area contributed by atoms with Gasteiger partial charge in [0.1, 0.15) is 17.1 Å². The number of rotatable bonds is 7. The number of hydrogen-bond acceptors (Lipinski definition) is 6. The van der Waals surface area contributed by atoms with Crippen LogP contribution < -0.4 is 14.8 Å². The number of aromatic nitrogens is 3. The van der Waals surface area contributed by atoms with Crippen LogP contribution in [0.5, 0.6) is 11.6 Å².